The summed E-state index contributed by atoms with van der Waals surface area (Å²) in [5, 5.41) is 5.26. The number of nitrogens with one attached hydrogen (secondary N) is 2. The van der Waals surface area contributed by atoms with Crippen molar-refractivity contribution in [1.29, 1.82) is 0 Å². The minimum Gasteiger partial charge on any atom is -0.405 e. The SMILES string of the molecule is CC(=O)N[C@@H](CC(=O)NCc1ccccc1OC(F)(F)F)c1ccccc1. The average Bonchev–Trinajstić information content (AvgIpc) is 2.59. The molecule has 0 radical (unpaired) electrons. The lowest BCUT2D eigenvalue weighted by Crippen LogP contribution is -2.32. The summed E-state index contributed by atoms with van der Waals surface area (Å²) in [5.41, 5.74) is 0.947. The van der Waals surface area contributed by atoms with Crippen LogP contribution < -0.4 is 15.4 Å². The standard InChI is InChI=1S/C19H19F3N2O3/c1-13(25)24-16(14-7-3-2-4-8-14)11-18(26)23-12-15-9-5-6-10-17(15)27-19(20,21)22/h2-10,16H,11-12H2,1H3,(H,23,26)(H,24,25)/t16-/m0/s1. The highest BCUT2D eigenvalue weighted by Gasteiger charge is 2.32. The van der Waals surface area contributed by atoms with Crippen LogP contribution in [-0.4, -0.2) is 18.2 Å². The van der Waals surface area contributed by atoms with Gasteiger partial charge in [0.2, 0.25) is 11.8 Å². The molecule has 2 N–H and O–H groups in total. The van der Waals surface area contributed by atoms with E-state index in [0.29, 0.717) is 0 Å². The molecule has 2 amide bonds. The molecular formula is C19H19F3N2O3. The first-order chi connectivity index (χ1) is 12.7. The summed E-state index contributed by atoms with van der Waals surface area (Å²) in [5.74, 6) is -1.08. The van der Waals surface area contributed by atoms with Gasteiger partial charge in [0.05, 0.1) is 12.5 Å². The van der Waals surface area contributed by atoms with E-state index >= 15 is 0 Å². The van der Waals surface area contributed by atoms with Gasteiger partial charge < -0.3 is 15.4 Å². The van der Waals surface area contributed by atoms with Gasteiger partial charge in [-0.3, -0.25) is 9.59 Å². The number of amides is 2. The minimum atomic E-state index is -4.82. The quantitative estimate of drug-likeness (QED) is 0.773. The van der Waals surface area contributed by atoms with Crippen LogP contribution in [0.3, 0.4) is 0 Å². The Morgan fingerprint density at radius 2 is 1.67 bits per heavy atom. The molecule has 0 aliphatic rings. The number of hydrogen-bond donors (Lipinski definition) is 2. The fourth-order valence-corrected chi connectivity index (χ4v) is 2.51. The first kappa shape index (κ1) is 20.3. The average molecular weight is 380 g/mol. The molecule has 0 heterocycles. The number of hydrogen-bond acceptors (Lipinski definition) is 3. The highest BCUT2D eigenvalue weighted by molar-refractivity contribution is 5.79. The van der Waals surface area contributed by atoms with Gasteiger partial charge >= 0.3 is 6.36 Å². The Labute approximate surface area is 154 Å². The Morgan fingerprint density at radius 1 is 1.04 bits per heavy atom. The summed E-state index contributed by atoms with van der Waals surface area (Å²) in [7, 11) is 0. The molecule has 0 spiro atoms. The van der Waals surface area contributed by atoms with E-state index in [1.165, 1.54) is 25.1 Å². The fourth-order valence-electron chi connectivity index (χ4n) is 2.51. The smallest absolute Gasteiger partial charge is 0.405 e. The fraction of sp³-hybridized carbons (Fsp3) is 0.263. The summed E-state index contributed by atoms with van der Waals surface area (Å²) in [6, 6.07) is 14.0. The third-order valence-corrected chi connectivity index (χ3v) is 3.64. The Hall–Kier alpha value is -3.03. The predicted molar refractivity (Wildman–Crippen MR) is 92.6 cm³/mol. The molecule has 0 saturated heterocycles. The number of alkyl halides is 3. The first-order valence-electron chi connectivity index (χ1n) is 8.17. The lowest BCUT2D eigenvalue weighted by molar-refractivity contribution is -0.274. The van der Waals surface area contributed by atoms with E-state index in [0.717, 1.165) is 5.56 Å². The van der Waals surface area contributed by atoms with Crippen LogP contribution in [0.25, 0.3) is 0 Å². The second-order valence-corrected chi connectivity index (χ2v) is 5.80. The summed E-state index contributed by atoms with van der Waals surface area (Å²) >= 11 is 0. The van der Waals surface area contributed by atoms with Gasteiger partial charge in [0.15, 0.2) is 0 Å². The molecule has 0 aliphatic heterocycles. The van der Waals surface area contributed by atoms with E-state index in [2.05, 4.69) is 15.4 Å². The summed E-state index contributed by atoms with van der Waals surface area (Å²) in [6.07, 6.45) is -4.87. The Bertz CT molecular complexity index is 779. The molecule has 0 fully saturated rings. The number of carbonyl (C=O) groups excluding carboxylic acids is 2. The van der Waals surface area contributed by atoms with Crippen molar-refractivity contribution >= 4 is 11.8 Å². The molecule has 8 heteroatoms. The van der Waals surface area contributed by atoms with Crippen molar-refractivity contribution in [3.63, 3.8) is 0 Å². The minimum absolute atomic E-state index is 0.0497. The molecule has 144 valence electrons. The van der Waals surface area contributed by atoms with E-state index < -0.39 is 18.3 Å². The topological polar surface area (TPSA) is 67.4 Å². The van der Waals surface area contributed by atoms with E-state index in [9.17, 15) is 22.8 Å². The van der Waals surface area contributed by atoms with Gasteiger partial charge in [-0.05, 0) is 11.6 Å². The lowest BCUT2D eigenvalue weighted by atomic mass is 10.0. The number of carbonyl (C=O) groups is 2. The first-order valence-corrected chi connectivity index (χ1v) is 8.17. The highest BCUT2D eigenvalue weighted by atomic mass is 19.4. The largest absolute Gasteiger partial charge is 0.573 e. The normalized spacial score (nSPS) is 12.1. The number of ether oxygens (including phenoxy) is 1. The molecule has 27 heavy (non-hydrogen) atoms. The maximum absolute atomic E-state index is 12.5. The van der Waals surface area contributed by atoms with Gasteiger partial charge in [0.25, 0.3) is 0 Å². The van der Waals surface area contributed by atoms with Crippen molar-refractivity contribution < 1.29 is 27.5 Å². The van der Waals surface area contributed by atoms with Crippen LogP contribution in [0.2, 0.25) is 0 Å². The van der Waals surface area contributed by atoms with E-state index in [1.54, 1.807) is 30.3 Å². The highest BCUT2D eigenvalue weighted by Crippen LogP contribution is 2.26. The molecule has 0 aliphatic carbocycles. The van der Waals surface area contributed by atoms with Crippen LogP contribution in [0.5, 0.6) is 5.75 Å². The molecule has 2 aromatic carbocycles. The summed E-state index contributed by atoms with van der Waals surface area (Å²) in [4.78, 5) is 23.7. The monoisotopic (exact) mass is 380 g/mol. The van der Waals surface area contributed by atoms with Crippen molar-refractivity contribution in [2.75, 3.05) is 0 Å². The van der Waals surface area contributed by atoms with Gasteiger partial charge in [-0.25, -0.2) is 0 Å². The van der Waals surface area contributed by atoms with Crippen LogP contribution in [0.4, 0.5) is 13.2 Å². The second-order valence-electron chi connectivity index (χ2n) is 5.80. The van der Waals surface area contributed by atoms with Crippen molar-refractivity contribution in [3.05, 3.63) is 65.7 Å². The van der Waals surface area contributed by atoms with E-state index in [4.69, 9.17) is 0 Å². The van der Waals surface area contributed by atoms with Crippen LogP contribution in [0, 0.1) is 0 Å². The van der Waals surface area contributed by atoms with Crippen molar-refractivity contribution in [2.24, 2.45) is 0 Å². The molecule has 0 bridgehead atoms. The third kappa shape index (κ3) is 7.01. The van der Waals surface area contributed by atoms with Crippen LogP contribution in [-0.2, 0) is 16.1 Å². The third-order valence-electron chi connectivity index (χ3n) is 3.64. The van der Waals surface area contributed by atoms with Gasteiger partial charge in [-0.15, -0.1) is 13.2 Å². The Kier molecular flexibility index (Phi) is 6.81. The zero-order chi connectivity index (χ0) is 19.9. The van der Waals surface area contributed by atoms with Gasteiger partial charge in [-0.2, -0.15) is 0 Å². The maximum Gasteiger partial charge on any atom is 0.573 e. The maximum atomic E-state index is 12.5. The number of para-hydroxylation sites is 1. The van der Waals surface area contributed by atoms with Crippen molar-refractivity contribution in [2.45, 2.75) is 32.3 Å². The van der Waals surface area contributed by atoms with Crippen LogP contribution >= 0.6 is 0 Å². The van der Waals surface area contributed by atoms with Gasteiger partial charge in [0.1, 0.15) is 5.75 Å². The molecule has 0 aromatic heterocycles. The molecule has 2 rings (SSSR count). The van der Waals surface area contributed by atoms with Gasteiger partial charge in [-0.1, -0.05) is 48.5 Å². The Balaban J connectivity index is 2.01. The van der Waals surface area contributed by atoms with Gasteiger partial charge in [0, 0.05) is 19.0 Å². The van der Waals surface area contributed by atoms with Crippen LogP contribution in [0.1, 0.15) is 30.5 Å². The Morgan fingerprint density at radius 3 is 2.30 bits per heavy atom. The second kappa shape index (κ2) is 9.07. The predicted octanol–water partition coefficient (Wildman–Crippen LogP) is 3.47. The molecular weight excluding hydrogens is 361 g/mol. The zero-order valence-corrected chi connectivity index (χ0v) is 14.5. The van der Waals surface area contributed by atoms with Crippen LogP contribution in [0.15, 0.2) is 54.6 Å². The number of rotatable bonds is 7. The number of benzene rings is 2. The molecule has 0 unspecified atom stereocenters. The van der Waals surface area contributed by atoms with E-state index in [-0.39, 0.29) is 30.2 Å². The molecule has 5 nitrogen and oxygen atoms in total. The molecule has 0 saturated carbocycles. The summed E-state index contributed by atoms with van der Waals surface area (Å²) < 4.78 is 41.3. The lowest BCUT2D eigenvalue weighted by Gasteiger charge is -2.18. The summed E-state index contributed by atoms with van der Waals surface area (Å²) in [6.45, 7) is 1.21. The molecule has 2 aromatic rings. The molecule has 1 atom stereocenters. The van der Waals surface area contributed by atoms with Crippen molar-refractivity contribution in [1.82, 2.24) is 10.6 Å². The number of halogens is 3. The zero-order valence-electron chi connectivity index (χ0n) is 14.5. The van der Waals surface area contributed by atoms with E-state index in [1.807, 2.05) is 6.07 Å². The van der Waals surface area contributed by atoms with Crippen molar-refractivity contribution in [3.8, 4) is 5.75 Å².